The van der Waals surface area contributed by atoms with Crippen LogP contribution in [0.5, 0.6) is 0 Å². The summed E-state index contributed by atoms with van der Waals surface area (Å²) in [5, 5.41) is 2.21. The van der Waals surface area contributed by atoms with E-state index in [1.807, 2.05) is 0 Å². The minimum absolute atomic E-state index is 0.0550. The molecule has 3 nitrogen and oxygen atoms in total. The van der Waals surface area contributed by atoms with Gasteiger partial charge in [-0.1, -0.05) is 24.8 Å². The minimum Gasteiger partial charge on any atom is -0.346 e. The van der Waals surface area contributed by atoms with Crippen LogP contribution in [0.4, 0.5) is 27.6 Å². The van der Waals surface area contributed by atoms with E-state index in [0.29, 0.717) is 0 Å². The van der Waals surface area contributed by atoms with E-state index in [-0.39, 0.29) is 11.4 Å². The standard InChI is InChI=1S/C19H15F5N2O/c1-12(10-11-26(2)17-15(20)8-5-9-16(17)21)25-18(27)13-6-3-4-7-14(13)19(22,23)24/h3-11H,1H2,2H3,(H,25,27)/b11-10-. The normalized spacial score (nSPS) is 11.5. The molecule has 0 radical (unpaired) electrons. The van der Waals surface area contributed by atoms with Gasteiger partial charge in [0.15, 0.2) is 0 Å². The molecule has 0 aliphatic rings. The van der Waals surface area contributed by atoms with Crippen molar-refractivity contribution in [2.45, 2.75) is 6.18 Å². The van der Waals surface area contributed by atoms with E-state index in [9.17, 15) is 26.7 Å². The monoisotopic (exact) mass is 382 g/mol. The Hall–Kier alpha value is -3.16. The first-order chi connectivity index (χ1) is 12.6. The Labute approximate surface area is 152 Å². The fourth-order valence-electron chi connectivity index (χ4n) is 2.29. The summed E-state index contributed by atoms with van der Waals surface area (Å²) in [6.45, 7) is 3.51. The predicted octanol–water partition coefficient (Wildman–Crippen LogP) is 4.88. The number of halogens is 5. The van der Waals surface area contributed by atoms with Crippen LogP contribution >= 0.6 is 0 Å². The third-order valence-corrected chi connectivity index (χ3v) is 3.54. The smallest absolute Gasteiger partial charge is 0.346 e. The molecule has 2 aromatic carbocycles. The van der Waals surface area contributed by atoms with Gasteiger partial charge in [-0.3, -0.25) is 4.79 Å². The number of carbonyl (C=O) groups excluding carboxylic acids is 1. The van der Waals surface area contributed by atoms with Crippen LogP contribution in [0.2, 0.25) is 0 Å². The van der Waals surface area contributed by atoms with E-state index >= 15 is 0 Å². The molecule has 0 heterocycles. The molecule has 0 saturated heterocycles. The van der Waals surface area contributed by atoms with Gasteiger partial charge in [0.2, 0.25) is 0 Å². The van der Waals surface area contributed by atoms with Gasteiger partial charge in [-0.2, -0.15) is 13.2 Å². The zero-order valence-electron chi connectivity index (χ0n) is 14.1. The van der Waals surface area contributed by atoms with E-state index in [1.165, 1.54) is 37.5 Å². The first-order valence-electron chi connectivity index (χ1n) is 7.62. The van der Waals surface area contributed by atoms with Gasteiger partial charge in [0.1, 0.15) is 17.3 Å². The molecule has 0 unspecified atom stereocenters. The predicted molar refractivity (Wildman–Crippen MR) is 92.0 cm³/mol. The van der Waals surface area contributed by atoms with E-state index in [1.54, 1.807) is 0 Å². The second-order valence-electron chi connectivity index (χ2n) is 5.52. The van der Waals surface area contributed by atoms with Gasteiger partial charge >= 0.3 is 6.18 Å². The molecule has 2 rings (SSSR count). The van der Waals surface area contributed by atoms with E-state index in [0.717, 1.165) is 29.2 Å². The second kappa shape index (κ2) is 8.03. The molecule has 0 spiro atoms. The Kier molecular flexibility index (Phi) is 5.99. The Morgan fingerprint density at radius 2 is 1.67 bits per heavy atom. The van der Waals surface area contributed by atoms with Crippen LogP contribution in [-0.2, 0) is 6.18 Å². The number of carbonyl (C=O) groups is 1. The zero-order valence-corrected chi connectivity index (χ0v) is 14.1. The number of rotatable bonds is 5. The number of nitrogens with one attached hydrogen (secondary N) is 1. The Morgan fingerprint density at radius 1 is 1.07 bits per heavy atom. The van der Waals surface area contributed by atoms with Crippen molar-refractivity contribution in [3.05, 3.63) is 89.8 Å². The number of nitrogens with zero attached hydrogens (tertiary/aromatic N) is 1. The summed E-state index contributed by atoms with van der Waals surface area (Å²) in [5.41, 5.74) is -2.02. The number of hydrogen-bond acceptors (Lipinski definition) is 2. The quantitative estimate of drug-likeness (QED) is 0.591. The van der Waals surface area contributed by atoms with Gasteiger partial charge < -0.3 is 10.2 Å². The molecular weight excluding hydrogens is 367 g/mol. The number of hydrogen-bond donors (Lipinski definition) is 1. The van der Waals surface area contributed by atoms with Crippen LogP contribution in [0.25, 0.3) is 0 Å². The van der Waals surface area contributed by atoms with Crippen molar-refractivity contribution in [2.24, 2.45) is 0 Å². The zero-order chi connectivity index (χ0) is 20.2. The lowest BCUT2D eigenvalue weighted by Gasteiger charge is -2.16. The van der Waals surface area contributed by atoms with Gasteiger partial charge in [0.25, 0.3) is 5.91 Å². The topological polar surface area (TPSA) is 32.3 Å². The Balaban J connectivity index is 2.12. The lowest BCUT2D eigenvalue weighted by molar-refractivity contribution is -0.137. The fraction of sp³-hybridized carbons (Fsp3) is 0.105. The molecule has 0 saturated carbocycles. The molecule has 27 heavy (non-hydrogen) atoms. The van der Waals surface area contributed by atoms with Crippen LogP contribution in [0.1, 0.15) is 15.9 Å². The fourth-order valence-corrected chi connectivity index (χ4v) is 2.29. The first kappa shape index (κ1) is 20.2. The number of benzene rings is 2. The van der Waals surface area contributed by atoms with Crippen LogP contribution in [0.15, 0.2) is 67.0 Å². The molecule has 1 amide bonds. The van der Waals surface area contributed by atoms with Crippen molar-refractivity contribution < 1.29 is 26.7 Å². The lowest BCUT2D eigenvalue weighted by atomic mass is 10.1. The Bertz CT molecular complexity index is 870. The summed E-state index contributed by atoms with van der Waals surface area (Å²) in [6, 6.07) is 7.67. The number of allylic oxidation sites excluding steroid dienone is 1. The molecular formula is C19H15F5N2O. The highest BCUT2D eigenvalue weighted by atomic mass is 19.4. The maximum atomic E-state index is 13.7. The molecule has 2 aromatic rings. The number of para-hydroxylation sites is 1. The third-order valence-electron chi connectivity index (χ3n) is 3.54. The summed E-state index contributed by atoms with van der Waals surface area (Å²) in [4.78, 5) is 13.2. The van der Waals surface area contributed by atoms with Gasteiger partial charge in [-0.05, 0) is 30.3 Å². The average Bonchev–Trinajstić information content (AvgIpc) is 2.59. The van der Waals surface area contributed by atoms with Gasteiger partial charge in [0.05, 0.1) is 11.1 Å². The molecule has 0 fully saturated rings. The van der Waals surface area contributed by atoms with Crippen LogP contribution < -0.4 is 10.2 Å². The van der Waals surface area contributed by atoms with Gasteiger partial charge in [0, 0.05) is 18.9 Å². The molecule has 0 aromatic heterocycles. The molecule has 142 valence electrons. The molecule has 0 atom stereocenters. The van der Waals surface area contributed by atoms with Crippen molar-refractivity contribution in [1.82, 2.24) is 5.32 Å². The molecule has 1 N–H and O–H groups in total. The third kappa shape index (κ3) is 4.93. The lowest BCUT2D eigenvalue weighted by Crippen LogP contribution is -2.25. The van der Waals surface area contributed by atoms with Crippen molar-refractivity contribution >= 4 is 11.6 Å². The number of alkyl halides is 3. The minimum atomic E-state index is -4.69. The van der Waals surface area contributed by atoms with Crippen LogP contribution in [0.3, 0.4) is 0 Å². The SMILES string of the molecule is C=C(/C=C\N(C)c1c(F)cccc1F)NC(=O)c1ccccc1C(F)(F)F. The van der Waals surface area contributed by atoms with E-state index in [4.69, 9.17) is 0 Å². The maximum Gasteiger partial charge on any atom is 0.417 e. The largest absolute Gasteiger partial charge is 0.417 e. The van der Waals surface area contributed by atoms with Gasteiger partial charge in [-0.15, -0.1) is 0 Å². The Morgan fingerprint density at radius 3 is 2.26 bits per heavy atom. The number of amides is 1. The van der Waals surface area contributed by atoms with E-state index in [2.05, 4.69) is 11.9 Å². The highest BCUT2D eigenvalue weighted by Crippen LogP contribution is 2.31. The first-order valence-corrected chi connectivity index (χ1v) is 7.62. The number of anilines is 1. The summed E-state index contributed by atoms with van der Waals surface area (Å²) in [6.07, 6.45) is -2.26. The summed E-state index contributed by atoms with van der Waals surface area (Å²) < 4.78 is 66.3. The molecule has 8 heteroatoms. The van der Waals surface area contributed by atoms with Crippen molar-refractivity contribution in [3.8, 4) is 0 Å². The van der Waals surface area contributed by atoms with Crippen molar-refractivity contribution in [1.29, 1.82) is 0 Å². The van der Waals surface area contributed by atoms with Gasteiger partial charge in [-0.25, -0.2) is 8.78 Å². The molecule has 0 bridgehead atoms. The van der Waals surface area contributed by atoms with Crippen molar-refractivity contribution in [2.75, 3.05) is 11.9 Å². The summed E-state index contributed by atoms with van der Waals surface area (Å²) in [5.74, 6) is -2.59. The van der Waals surface area contributed by atoms with E-state index < -0.39 is 34.8 Å². The molecule has 0 aliphatic carbocycles. The second-order valence-corrected chi connectivity index (χ2v) is 5.52. The summed E-state index contributed by atoms with van der Waals surface area (Å²) in [7, 11) is 1.37. The molecule has 0 aliphatic heterocycles. The van der Waals surface area contributed by atoms with Crippen LogP contribution in [-0.4, -0.2) is 13.0 Å². The summed E-state index contributed by atoms with van der Waals surface area (Å²) >= 11 is 0. The van der Waals surface area contributed by atoms with Crippen molar-refractivity contribution in [3.63, 3.8) is 0 Å². The average molecular weight is 382 g/mol. The van der Waals surface area contributed by atoms with Crippen LogP contribution in [0, 0.1) is 11.6 Å². The maximum absolute atomic E-state index is 13.7. The highest BCUT2D eigenvalue weighted by molar-refractivity contribution is 5.97. The highest BCUT2D eigenvalue weighted by Gasteiger charge is 2.34.